The van der Waals surface area contributed by atoms with Crippen LogP contribution >= 0.6 is 0 Å². The Balaban J connectivity index is 1.95. The van der Waals surface area contributed by atoms with Crippen LogP contribution in [-0.2, 0) is 14.3 Å². The van der Waals surface area contributed by atoms with Gasteiger partial charge in [-0.1, -0.05) is 20.4 Å². The van der Waals surface area contributed by atoms with Gasteiger partial charge in [0.25, 0.3) is 0 Å². The largest absolute Gasteiger partial charge is 0.368 e. The Morgan fingerprint density at radius 3 is 2.32 bits per heavy atom. The summed E-state index contributed by atoms with van der Waals surface area (Å²) in [7, 11) is 1.61. The third kappa shape index (κ3) is 3.95. The predicted octanol–water partition coefficient (Wildman–Crippen LogP) is 0.385. The van der Waals surface area contributed by atoms with Crippen LogP contribution in [0.3, 0.4) is 0 Å². The van der Waals surface area contributed by atoms with E-state index >= 15 is 0 Å². The van der Waals surface area contributed by atoms with Gasteiger partial charge in [0.1, 0.15) is 12.8 Å². The van der Waals surface area contributed by atoms with E-state index < -0.39 is 17.6 Å². The lowest BCUT2D eigenvalue weighted by atomic mass is 9.91. The zero-order chi connectivity index (χ0) is 18.8. The summed E-state index contributed by atoms with van der Waals surface area (Å²) in [5.74, 6) is -0.701. The molecule has 2 rings (SSSR count). The van der Waals surface area contributed by atoms with Crippen molar-refractivity contribution in [3.8, 4) is 0 Å². The van der Waals surface area contributed by atoms with Gasteiger partial charge in [-0.25, -0.2) is 4.79 Å². The van der Waals surface area contributed by atoms with Crippen LogP contribution in [0.15, 0.2) is 12.7 Å². The van der Waals surface area contributed by atoms with Crippen LogP contribution in [0.1, 0.15) is 26.7 Å². The molecular weight excluding hydrogens is 324 g/mol. The number of amides is 4. The maximum Gasteiger partial charge on any atom is 0.320 e. The Labute approximate surface area is 148 Å². The minimum atomic E-state index is -0.633. The number of rotatable bonds is 4. The van der Waals surface area contributed by atoms with Gasteiger partial charge in [-0.2, -0.15) is 0 Å². The highest BCUT2D eigenvalue weighted by molar-refractivity contribution is 5.87. The van der Waals surface area contributed by atoms with Crippen molar-refractivity contribution in [3.63, 3.8) is 0 Å². The van der Waals surface area contributed by atoms with Crippen LogP contribution in [0.5, 0.6) is 0 Å². The molecule has 0 aliphatic carbocycles. The molecule has 2 aliphatic heterocycles. The molecule has 8 heteroatoms. The zero-order valence-electron chi connectivity index (χ0n) is 15.2. The Kier molecular flexibility index (Phi) is 5.72. The maximum atomic E-state index is 12.7. The van der Waals surface area contributed by atoms with Crippen LogP contribution in [0.4, 0.5) is 4.79 Å². The van der Waals surface area contributed by atoms with Gasteiger partial charge in [-0.3, -0.25) is 9.59 Å². The molecule has 2 fully saturated rings. The summed E-state index contributed by atoms with van der Waals surface area (Å²) in [6, 6.07) is -0.837. The fourth-order valence-electron chi connectivity index (χ4n) is 3.64. The highest BCUT2D eigenvalue weighted by Gasteiger charge is 2.44. The fourth-order valence-corrected chi connectivity index (χ4v) is 3.64. The molecule has 2 heterocycles. The molecule has 4 amide bonds. The number of hydrogen-bond acceptors (Lipinski definition) is 4. The first-order valence-electron chi connectivity index (χ1n) is 8.57. The molecule has 0 aromatic heterocycles. The fraction of sp³-hybridized carbons (Fsp3) is 0.706. The molecule has 2 aliphatic rings. The standard InChI is InChI=1S/C17H28N4O4/c1-5-13(22)21-10-17(25-11-21)6-8-20(9-7-17)16(24)19(4)14(12(2)3)15(18)23/h5,12,14H,1,6-11H2,2-4H3,(H2,18,23). The number of likely N-dealkylation sites (tertiary alicyclic amines) is 1. The Hall–Kier alpha value is -2.09. The number of likely N-dealkylation sites (N-methyl/N-ethyl adjacent to an activating group) is 1. The summed E-state index contributed by atoms with van der Waals surface area (Å²) in [6.45, 7) is 9.03. The van der Waals surface area contributed by atoms with Gasteiger partial charge >= 0.3 is 6.03 Å². The summed E-state index contributed by atoms with van der Waals surface area (Å²) in [5, 5.41) is 0. The topological polar surface area (TPSA) is 96.2 Å². The van der Waals surface area contributed by atoms with Crippen LogP contribution in [0.25, 0.3) is 0 Å². The van der Waals surface area contributed by atoms with Crippen LogP contribution in [0.2, 0.25) is 0 Å². The molecule has 2 N–H and O–H groups in total. The third-order valence-corrected chi connectivity index (χ3v) is 5.08. The number of nitrogens with two attached hydrogens (primary N) is 1. The molecule has 1 spiro atoms. The molecule has 0 saturated carbocycles. The smallest absolute Gasteiger partial charge is 0.320 e. The Morgan fingerprint density at radius 1 is 1.24 bits per heavy atom. The lowest BCUT2D eigenvalue weighted by molar-refractivity contribution is -0.126. The molecule has 0 radical (unpaired) electrons. The molecule has 1 atom stereocenters. The zero-order valence-corrected chi connectivity index (χ0v) is 15.2. The minimum Gasteiger partial charge on any atom is -0.368 e. The summed E-state index contributed by atoms with van der Waals surface area (Å²) in [6.07, 6.45) is 2.58. The molecule has 25 heavy (non-hydrogen) atoms. The number of carbonyl (C=O) groups is 3. The third-order valence-electron chi connectivity index (χ3n) is 5.08. The van der Waals surface area contributed by atoms with Crippen molar-refractivity contribution in [1.82, 2.24) is 14.7 Å². The van der Waals surface area contributed by atoms with Gasteiger partial charge in [0.05, 0.1) is 12.1 Å². The minimum absolute atomic E-state index is 0.0563. The van der Waals surface area contributed by atoms with Crippen molar-refractivity contribution in [2.75, 3.05) is 33.4 Å². The van der Waals surface area contributed by atoms with Gasteiger partial charge in [-0.15, -0.1) is 0 Å². The van der Waals surface area contributed by atoms with Crippen molar-refractivity contribution in [3.05, 3.63) is 12.7 Å². The summed E-state index contributed by atoms with van der Waals surface area (Å²) >= 11 is 0. The number of urea groups is 1. The van der Waals surface area contributed by atoms with Gasteiger partial charge in [0.2, 0.25) is 11.8 Å². The second-order valence-corrected chi connectivity index (χ2v) is 7.17. The molecule has 2 saturated heterocycles. The second-order valence-electron chi connectivity index (χ2n) is 7.17. The maximum absolute atomic E-state index is 12.7. The van der Waals surface area contributed by atoms with E-state index in [1.165, 1.54) is 11.0 Å². The lowest BCUT2D eigenvalue weighted by Gasteiger charge is -2.40. The van der Waals surface area contributed by atoms with E-state index in [0.29, 0.717) is 32.5 Å². The first-order valence-corrected chi connectivity index (χ1v) is 8.57. The summed E-state index contributed by atoms with van der Waals surface area (Å²) in [4.78, 5) is 40.8. The molecular formula is C17H28N4O4. The highest BCUT2D eigenvalue weighted by atomic mass is 16.5. The van der Waals surface area contributed by atoms with E-state index in [0.717, 1.165) is 0 Å². The number of nitrogens with zero attached hydrogens (tertiary/aromatic N) is 3. The number of carbonyl (C=O) groups excluding carboxylic acids is 3. The van der Waals surface area contributed by atoms with Gasteiger partial charge in [-0.05, 0) is 24.8 Å². The van der Waals surface area contributed by atoms with E-state index in [-0.39, 0.29) is 24.6 Å². The lowest BCUT2D eigenvalue weighted by Crippen LogP contribution is -2.56. The number of ether oxygens (including phenoxy) is 1. The molecule has 0 aromatic rings. The first kappa shape index (κ1) is 19.2. The monoisotopic (exact) mass is 352 g/mol. The number of hydrogen-bond donors (Lipinski definition) is 1. The number of piperidine rings is 1. The predicted molar refractivity (Wildman–Crippen MR) is 92.4 cm³/mol. The molecule has 140 valence electrons. The van der Waals surface area contributed by atoms with E-state index in [1.54, 1.807) is 16.8 Å². The van der Waals surface area contributed by atoms with Crippen LogP contribution in [-0.4, -0.2) is 77.6 Å². The van der Waals surface area contributed by atoms with Crippen molar-refractivity contribution >= 4 is 17.8 Å². The average Bonchev–Trinajstić information content (AvgIpc) is 2.97. The van der Waals surface area contributed by atoms with Crippen molar-refractivity contribution in [2.45, 2.75) is 38.3 Å². The second kappa shape index (κ2) is 7.43. The quantitative estimate of drug-likeness (QED) is 0.740. The van der Waals surface area contributed by atoms with Gasteiger partial charge < -0.3 is 25.2 Å². The molecule has 0 bridgehead atoms. The first-order chi connectivity index (χ1) is 11.7. The van der Waals surface area contributed by atoms with E-state index in [4.69, 9.17) is 10.5 Å². The average molecular weight is 352 g/mol. The summed E-state index contributed by atoms with van der Waals surface area (Å²) < 4.78 is 5.86. The molecule has 8 nitrogen and oxygen atoms in total. The SMILES string of the molecule is C=CC(=O)N1COC2(CCN(C(=O)N(C)C(C(N)=O)C(C)C)CC2)C1. The highest BCUT2D eigenvalue weighted by Crippen LogP contribution is 2.32. The Morgan fingerprint density at radius 2 is 1.84 bits per heavy atom. The Bertz CT molecular complexity index is 555. The van der Waals surface area contributed by atoms with Crippen LogP contribution < -0.4 is 5.73 Å². The molecule has 1 unspecified atom stereocenters. The number of primary amides is 1. The van der Waals surface area contributed by atoms with Crippen molar-refractivity contribution < 1.29 is 19.1 Å². The normalized spacial score (nSPS) is 20.6. The van der Waals surface area contributed by atoms with Crippen molar-refractivity contribution in [1.29, 1.82) is 0 Å². The van der Waals surface area contributed by atoms with Gasteiger partial charge in [0.15, 0.2) is 0 Å². The van der Waals surface area contributed by atoms with E-state index in [2.05, 4.69) is 6.58 Å². The van der Waals surface area contributed by atoms with Crippen LogP contribution in [0, 0.1) is 5.92 Å². The van der Waals surface area contributed by atoms with E-state index in [9.17, 15) is 14.4 Å². The van der Waals surface area contributed by atoms with Crippen molar-refractivity contribution in [2.24, 2.45) is 11.7 Å². The molecule has 0 aromatic carbocycles. The van der Waals surface area contributed by atoms with E-state index in [1.807, 2.05) is 13.8 Å². The summed E-state index contributed by atoms with van der Waals surface area (Å²) in [5.41, 5.74) is 5.05. The van der Waals surface area contributed by atoms with Gasteiger partial charge in [0, 0.05) is 20.1 Å².